The molecule has 2 aliphatic rings. The zero-order chi connectivity index (χ0) is 46.5. The molecule has 5 aromatic rings. The SMILES string of the molecule is CN(C)Cc1ncc(-c2ccc(Oc3cc(Cl)ccc3CN3C(=O)C[C@@H](Cc4ccccc4)C(=O)N4CCC[C@@](Cc5ccc(Cl)cc5)(C4)NC(=O)[C@H](CO)NC(=O)C3(C)C)cc2)n1C. The van der Waals surface area contributed by atoms with Gasteiger partial charge >= 0.3 is 0 Å². The zero-order valence-corrected chi connectivity index (χ0v) is 39.0. The van der Waals surface area contributed by atoms with Crippen LogP contribution in [0.15, 0.2) is 103 Å². The highest BCUT2D eigenvalue weighted by Gasteiger charge is 2.45. The summed E-state index contributed by atoms with van der Waals surface area (Å²) in [6, 6.07) is 28.1. The number of aromatic nitrogens is 2. The van der Waals surface area contributed by atoms with Crippen LogP contribution in [0.5, 0.6) is 11.5 Å². The molecular weight excluding hydrogens is 865 g/mol. The summed E-state index contributed by atoms with van der Waals surface area (Å²) in [4.78, 5) is 68.6. The fourth-order valence-electron chi connectivity index (χ4n) is 8.82. The first kappa shape index (κ1) is 47.2. The van der Waals surface area contributed by atoms with Crippen LogP contribution in [0.25, 0.3) is 11.3 Å². The Kier molecular flexibility index (Phi) is 14.7. The van der Waals surface area contributed by atoms with E-state index in [4.69, 9.17) is 27.9 Å². The van der Waals surface area contributed by atoms with Crippen LogP contribution in [0, 0.1) is 5.92 Å². The van der Waals surface area contributed by atoms with Crippen LogP contribution in [0.2, 0.25) is 10.0 Å². The van der Waals surface area contributed by atoms with Crippen LogP contribution in [-0.4, -0.2) is 104 Å². The van der Waals surface area contributed by atoms with Crippen molar-refractivity contribution in [2.24, 2.45) is 13.0 Å². The van der Waals surface area contributed by atoms with Crippen molar-refractivity contribution in [1.29, 1.82) is 0 Å². The number of ether oxygens (including phenoxy) is 1. The zero-order valence-electron chi connectivity index (χ0n) is 37.5. The minimum Gasteiger partial charge on any atom is -0.457 e. The molecule has 4 amide bonds. The minimum atomic E-state index is -1.61. The third kappa shape index (κ3) is 11.2. The first-order valence-electron chi connectivity index (χ1n) is 21.9. The van der Waals surface area contributed by atoms with E-state index in [2.05, 4.69) is 25.1 Å². The number of fused-ring (bicyclic) bond motifs is 2. The van der Waals surface area contributed by atoms with Crippen LogP contribution < -0.4 is 15.4 Å². The number of nitrogens with one attached hydrogen (secondary N) is 2. The second kappa shape index (κ2) is 20.2. The molecule has 2 bridgehead atoms. The van der Waals surface area contributed by atoms with E-state index >= 15 is 4.79 Å². The van der Waals surface area contributed by atoms with E-state index in [9.17, 15) is 19.5 Å². The van der Waals surface area contributed by atoms with Crippen molar-refractivity contribution in [2.75, 3.05) is 33.8 Å². The van der Waals surface area contributed by atoms with Crippen molar-refractivity contribution < 1.29 is 29.0 Å². The molecule has 2 fully saturated rings. The van der Waals surface area contributed by atoms with E-state index < -0.39 is 47.4 Å². The molecule has 342 valence electrons. The molecule has 0 saturated carbocycles. The molecule has 0 spiro atoms. The average Bonchev–Trinajstić information content (AvgIpc) is 3.63. The van der Waals surface area contributed by atoms with Gasteiger partial charge in [-0.25, -0.2) is 4.98 Å². The Morgan fingerprint density at radius 1 is 0.908 bits per heavy atom. The lowest BCUT2D eigenvalue weighted by Crippen LogP contribution is -2.66. The van der Waals surface area contributed by atoms with Crippen LogP contribution in [-0.2, 0) is 52.2 Å². The van der Waals surface area contributed by atoms with E-state index in [1.165, 1.54) is 4.90 Å². The lowest BCUT2D eigenvalue weighted by Gasteiger charge is -2.46. The Morgan fingerprint density at radius 3 is 2.31 bits per heavy atom. The van der Waals surface area contributed by atoms with E-state index in [0.29, 0.717) is 59.5 Å². The van der Waals surface area contributed by atoms with E-state index in [-0.39, 0.29) is 31.8 Å². The second-order valence-electron chi connectivity index (χ2n) is 18.0. The maximum atomic E-state index is 15.1. The van der Waals surface area contributed by atoms with E-state index in [1.54, 1.807) is 49.1 Å². The highest BCUT2D eigenvalue weighted by atomic mass is 35.5. The third-order valence-electron chi connectivity index (χ3n) is 12.4. The van der Waals surface area contributed by atoms with Crippen LogP contribution in [0.4, 0.5) is 0 Å². The summed E-state index contributed by atoms with van der Waals surface area (Å²) < 4.78 is 8.52. The second-order valence-corrected chi connectivity index (χ2v) is 18.9. The molecule has 0 unspecified atom stereocenters. The number of halogens is 2. The number of imidazole rings is 1. The van der Waals surface area contributed by atoms with Crippen molar-refractivity contribution in [3.05, 3.63) is 136 Å². The Morgan fingerprint density at radius 2 is 1.62 bits per heavy atom. The molecule has 3 atom stereocenters. The number of amides is 4. The molecule has 13 nitrogen and oxygen atoms in total. The Balaban J connectivity index is 1.23. The van der Waals surface area contributed by atoms with Gasteiger partial charge in [-0.05, 0) is 113 Å². The Hall–Kier alpha value is -5.73. The summed E-state index contributed by atoms with van der Waals surface area (Å²) in [6.45, 7) is 3.63. The fourth-order valence-corrected chi connectivity index (χ4v) is 9.10. The van der Waals surface area contributed by atoms with Crippen LogP contribution >= 0.6 is 23.2 Å². The molecule has 65 heavy (non-hydrogen) atoms. The van der Waals surface area contributed by atoms with Crippen molar-refractivity contribution in [3.8, 4) is 22.8 Å². The highest BCUT2D eigenvalue weighted by Crippen LogP contribution is 2.35. The predicted octanol–water partition coefficient (Wildman–Crippen LogP) is 6.81. The molecule has 7 rings (SSSR count). The number of piperidine rings is 1. The van der Waals surface area contributed by atoms with E-state index in [0.717, 1.165) is 28.2 Å². The number of benzene rings is 4. The van der Waals surface area contributed by atoms with Crippen LogP contribution in [0.3, 0.4) is 0 Å². The smallest absolute Gasteiger partial charge is 0.246 e. The molecule has 1 aromatic heterocycles. The Labute approximate surface area is 390 Å². The topological polar surface area (TPSA) is 149 Å². The van der Waals surface area contributed by atoms with Crippen molar-refractivity contribution in [1.82, 2.24) is 34.9 Å². The number of aliphatic hydroxyl groups is 1. The summed E-state index contributed by atoms with van der Waals surface area (Å²) in [7, 11) is 5.97. The molecule has 0 aliphatic carbocycles. The lowest BCUT2D eigenvalue weighted by molar-refractivity contribution is -0.152. The molecule has 15 heteroatoms. The molecule has 3 heterocycles. The lowest BCUT2D eigenvalue weighted by atomic mass is 9.81. The van der Waals surface area contributed by atoms with Gasteiger partial charge in [0.2, 0.25) is 23.6 Å². The van der Waals surface area contributed by atoms with Gasteiger partial charge in [-0.3, -0.25) is 19.2 Å². The maximum Gasteiger partial charge on any atom is 0.246 e. The number of carbonyl (C=O) groups excluding carboxylic acids is 4. The monoisotopic (exact) mass is 921 g/mol. The first-order chi connectivity index (χ1) is 31.0. The molecule has 2 aliphatic heterocycles. The summed E-state index contributed by atoms with van der Waals surface area (Å²) in [5, 5.41) is 17.5. The molecule has 4 aromatic carbocycles. The summed E-state index contributed by atoms with van der Waals surface area (Å²) in [5.74, 6) is -0.969. The standard InChI is InChI=1S/C50H57Cl2N7O6/c1-49(2)48(64)54-41(31-60)46(62)55-50(27-34-12-17-38(51)18-13-34)22-9-23-58(32-50)47(63)37(24-33-10-7-6-8-11-33)25-45(61)59(49)29-36-14-19-39(52)26-43(36)65-40-20-15-35(16-21-40)42-28-53-44(57(42)5)30-56(3)4/h6-8,10-21,26,28,37,41,60H,9,22-25,27,29-32H2,1-5H3,(H,54,64)(H,55,62)/t37-,41+,50-/m1/s1. The van der Waals surface area contributed by atoms with Gasteiger partial charge in [0.1, 0.15) is 28.9 Å². The van der Waals surface area contributed by atoms with Gasteiger partial charge in [0.15, 0.2) is 0 Å². The highest BCUT2D eigenvalue weighted by molar-refractivity contribution is 6.31. The normalized spacial score (nSPS) is 20.6. The largest absolute Gasteiger partial charge is 0.457 e. The summed E-state index contributed by atoms with van der Waals surface area (Å²) in [5.41, 5.74) is 1.65. The van der Waals surface area contributed by atoms with Gasteiger partial charge in [-0.2, -0.15) is 0 Å². The summed E-state index contributed by atoms with van der Waals surface area (Å²) >= 11 is 12.8. The van der Waals surface area contributed by atoms with E-state index in [1.807, 2.05) is 94.1 Å². The number of rotatable bonds is 12. The minimum absolute atomic E-state index is 0.121. The average molecular weight is 923 g/mol. The number of carbonyl (C=O) groups is 4. The number of nitrogens with zero attached hydrogens (tertiary/aromatic N) is 5. The maximum absolute atomic E-state index is 15.1. The summed E-state index contributed by atoms with van der Waals surface area (Å²) in [6.07, 6.45) is 3.38. The third-order valence-corrected chi connectivity index (χ3v) is 12.9. The van der Waals surface area contributed by atoms with Gasteiger partial charge in [-0.1, -0.05) is 71.7 Å². The molecule has 2 saturated heterocycles. The van der Waals surface area contributed by atoms with Crippen molar-refractivity contribution in [3.63, 3.8) is 0 Å². The van der Waals surface area contributed by atoms with Gasteiger partial charge in [0.05, 0.1) is 43.0 Å². The number of hydrogen-bond acceptors (Lipinski definition) is 8. The van der Waals surface area contributed by atoms with Crippen molar-refractivity contribution in [2.45, 2.75) is 76.2 Å². The number of aliphatic hydroxyl groups excluding tert-OH is 1. The fraction of sp³-hybridized carbons (Fsp3) is 0.380. The van der Waals surface area contributed by atoms with Gasteiger partial charge in [0, 0.05) is 47.7 Å². The Bertz CT molecular complexity index is 2500. The van der Waals surface area contributed by atoms with Gasteiger partial charge in [-0.15, -0.1) is 0 Å². The molecule has 3 N–H and O–H groups in total. The molecular formula is C50H57Cl2N7O6. The van der Waals surface area contributed by atoms with Crippen LogP contribution in [0.1, 0.15) is 55.6 Å². The van der Waals surface area contributed by atoms with Crippen molar-refractivity contribution >= 4 is 46.8 Å². The first-order valence-corrected chi connectivity index (χ1v) is 22.6. The van der Waals surface area contributed by atoms with Gasteiger partial charge < -0.3 is 39.7 Å². The molecule has 0 radical (unpaired) electrons. The number of hydrogen-bond donors (Lipinski definition) is 3. The predicted molar refractivity (Wildman–Crippen MR) is 251 cm³/mol. The quantitative estimate of drug-likeness (QED) is 0.124. The van der Waals surface area contributed by atoms with Gasteiger partial charge in [0.25, 0.3) is 0 Å².